The van der Waals surface area contributed by atoms with Crippen LogP contribution in [0.25, 0.3) is 0 Å². The van der Waals surface area contributed by atoms with Gasteiger partial charge < -0.3 is 11.1 Å². The third-order valence-electron chi connectivity index (χ3n) is 3.79. The Morgan fingerprint density at radius 2 is 2.05 bits per heavy atom. The van der Waals surface area contributed by atoms with Gasteiger partial charge in [0.2, 0.25) is 0 Å². The Morgan fingerprint density at radius 3 is 2.77 bits per heavy atom. The van der Waals surface area contributed by atoms with Gasteiger partial charge in [-0.05, 0) is 29.9 Å². The fourth-order valence-corrected chi connectivity index (χ4v) is 2.60. The van der Waals surface area contributed by atoms with E-state index in [1.54, 1.807) is 0 Å². The van der Waals surface area contributed by atoms with Crippen LogP contribution in [0.2, 0.25) is 0 Å². The second kappa shape index (κ2) is 10.0. The van der Waals surface area contributed by atoms with Gasteiger partial charge in [0.1, 0.15) is 0 Å². The zero-order valence-corrected chi connectivity index (χ0v) is 16.0. The average molecular weight is 416 g/mol. The number of nitrogens with one attached hydrogen (secondary N) is 1. The molecular weight excluding hydrogens is 387 g/mol. The summed E-state index contributed by atoms with van der Waals surface area (Å²) in [5.41, 5.74) is 8.82. The molecule has 0 bridgehead atoms. The summed E-state index contributed by atoms with van der Waals surface area (Å²) in [5.74, 6) is 1.13. The maximum absolute atomic E-state index is 5.83. The SMILES string of the molecule is CC(C)CN=C(N)NCCCN1CCc2ccccc2C1.I. The number of guanidine groups is 1. The lowest BCUT2D eigenvalue weighted by Crippen LogP contribution is -2.36. The Balaban J connectivity index is 0.00000242. The highest BCUT2D eigenvalue weighted by atomic mass is 127. The molecule has 0 aromatic heterocycles. The maximum atomic E-state index is 5.83. The number of rotatable bonds is 6. The van der Waals surface area contributed by atoms with Crippen molar-refractivity contribution in [2.75, 3.05) is 26.2 Å². The Bertz CT molecular complexity index is 473. The first-order valence-corrected chi connectivity index (χ1v) is 7.98. The van der Waals surface area contributed by atoms with Crippen molar-refractivity contribution in [1.29, 1.82) is 0 Å². The van der Waals surface area contributed by atoms with Gasteiger partial charge >= 0.3 is 0 Å². The molecule has 0 saturated heterocycles. The summed E-state index contributed by atoms with van der Waals surface area (Å²) in [6.45, 7) is 9.32. The topological polar surface area (TPSA) is 53.6 Å². The summed E-state index contributed by atoms with van der Waals surface area (Å²) < 4.78 is 0. The van der Waals surface area contributed by atoms with Crippen LogP contribution in [0.15, 0.2) is 29.3 Å². The molecule has 1 aliphatic rings. The molecule has 1 aliphatic heterocycles. The molecule has 124 valence electrons. The maximum Gasteiger partial charge on any atom is 0.188 e. The molecule has 0 spiro atoms. The summed E-state index contributed by atoms with van der Waals surface area (Å²) in [6, 6.07) is 8.77. The van der Waals surface area contributed by atoms with Gasteiger partial charge in [0.05, 0.1) is 0 Å². The monoisotopic (exact) mass is 416 g/mol. The van der Waals surface area contributed by atoms with Gasteiger partial charge in [0.25, 0.3) is 0 Å². The van der Waals surface area contributed by atoms with Gasteiger partial charge in [-0.3, -0.25) is 9.89 Å². The lowest BCUT2D eigenvalue weighted by atomic mass is 10.00. The van der Waals surface area contributed by atoms with Crippen LogP contribution in [0, 0.1) is 5.92 Å². The number of hydrogen-bond acceptors (Lipinski definition) is 2. The van der Waals surface area contributed by atoms with Gasteiger partial charge in [-0.25, -0.2) is 0 Å². The number of hydrogen-bond donors (Lipinski definition) is 2. The Hall–Kier alpha value is -0.820. The van der Waals surface area contributed by atoms with Crippen molar-refractivity contribution >= 4 is 29.9 Å². The molecule has 1 aromatic rings. The van der Waals surface area contributed by atoms with E-state index >= 15 is 0 Å². The second-order valence-electron chi connectivity index (χ2n) is 6.19. The predicted molar refractivity (Wildman–Crippen MR) is 105 cm³/mol. The molecule has 3 N–H and O–H groups in total. The summed E-state index contributed by atoms with van der Waals surface area (Å²) in [7, 11) is 0. The van der Waals surface area contributed by atoms with E-state index in [-0.39, 0.29) is 24.0 Å². The highest BCUT2D eigenvalue weighted by Crippen LogP contribution is 2.18. The lowest BCUT2D eigenvalue weighted by Gasteiger charge is -2.28. The lowest BCUT2D eigenvalue weighted by molar-refractivity contribution is 0.251. The number of nitrogens with zero attached hydrogens (tertiary/aromatic N) is 2. The van der Waals surface area contributed by atoms with Crippen molar-refractivity contribution in [3.63, 3.8) is 0 Å². The van der Waals surface area contributed by atoms with Gasteiger partial charge in [0.15, 0.2) is 5.96 Å². The van der Waals surface area contributed by atoms with Crippen LogP contribution in [-0.4, -0.2) is 37.0 Å². The van der Waals surface area contributed by atoms with Gasteiger partial charge in [-0.2, -0.15) is 0 Å². The quantitative estimate of drug-likeness (QED) is 0.325. The highest BCUT2D eigenvalue weighted by Gasteiger charge is 2.14. The van der Waals surface area contributed by atoms with E-state index in [9.17, 15) is 0 Å². The van der Waals surface area contributed by atoms with Crippen molar-refractivity contribution in [1.82, 2.24) is 10.2 Å². The van der Waals surface area contributed by atoms with E-state index < -0.39 is 0 Å². The van der Waals surface area contributed by atoms with Gasteiger partial charge in [-0.15, -0.1) is 24.0 Å². The van der Waals surface area contributed by atoms with Gasteiger partial charge in [0, 0.05) is 32.7 Å². The molecule has 0 amide bonds. The number of aliphatic imine (C=N–C) groups is 1. The molecule has 0 fully saturated rings. The number of benzene rings is 1. The van der Waals surface area contributed by atoms with Crippen molar-refractivity contribution in [2.24, 2.45) is 16.6 Å². The van der Waals surface area contributed by atoms with Crippen LogP contribution < -0.4 is 11.1 Å². The largest absolute Gasteiger partial charge is 0.370 e. The smallest absolute Gasteiger partial charge is 0.188 e. The number of halogens is 1. The van der Waals surface area contributed by atoms with Crippen LogP contribution >= 0.6 is 24.0 Å². The van der Waals surface area contributed by atoms with Gasteiger partial charge in [-0.1, -0.05) is 38.1 Å². The second-order valence-corrected chi connectivity index (χ2v) is 6.19. The zero-order valence-electron chi connectivity index (χ0n) is 13.7. The van der Waals surface area contributed by atoms with Crippen molar-refractivity contribution in [3.05, 3.63) is 35.4 Å². The highest BCUT2D eigenvalue weighted by molar-refractivity contribution is 14.0. The first-order valence-electron chi connectivity index (χ1n) is 7.98. The molecule has 2 rings (SSSR count). The van der Waals surface area contributed by atoms with Crippen molar-refractivity contribution in [2.45, 2.75) is 33.2 Å². The molecule has 5 heteroatoms. The molecule has 0 unspecified atom stereocenters. The van der Waals surface area contributed by atoms with Crippen LogP contribution in [0.5, 0.6) is 0 Å². The minimum atomic E-state index is 0. The molecule has 0 saturated carbocycles. The Kier molecular flexibility index (Phi) is 8.78. The number of fused-ring (bicyclic) bond motifs is 1. The van der Waals surface area contributed by atoms with E-state index in [0.29, 0.717) is 11.9 Å². The minimum Gasteiger partial charge on any atom is -0.370 e. The van der Waals surface area contributed by atoms with E-state index in [2.05, 4.69) is 53.3 Å². The van der Waals surface area contributed by atoms with Crippen LogP contribution in [0.3, 0.4) is 0 Å². The van der Waals surface area contributed by atoms with Crippen LogP contribution in [0.1, 0.15) is 31.4 Å². The van der Waals surface area contributed by atoms with Crippen molar-refractivity contribution < 1.29 is 0 Å². The zero-order chi connectivity index (χ0) is 15.1. The fraction of sp³-hybridized carbons (Fsp3) is 0.588. The van der Waals surface area contributed by atoms with E-state index in [1.807, 2.05) is 0 Å². The summed E-state index contributed by atoms with van der Waals surface area (Å²) in [5, 5.41) is 3.20. The average Bonchev–Trinajstić information content (AvgIpc) is 2.49. The normalized spacial score (nSPS) is 15.3. The number of nitrogens with two attached hydrogens (primary N) is 1. The molecule has 22 heavy (non-hydrogen) atoms. The Morgan fingerprint density at radius 1 is 1.32 bits per heavy atom. The predicted octanol–water partition coefficient (Wildman–Crippen LogP) is 2.61. The molecule has 1 aromatic carbocycles. The molecule has 1 heterocycles. The first kappa shape index (κ1) is 19.2. The summed E-state index contributed by atoms with van der Waals surface area (Å²) in [4.78, 5) is 6.83. The molecule has 4 nitrogen and oxygen atoms in total. The standard InChI is InChI=1S/C17H28N4.HI/c1-14(2)12-20-17(18)19-9-5-10-21-11-8-15-6-3-4-7-16(15)13-21;/h3-4,6-7,14H,5,8-13H2,1-2H3,(H3,18,19,20);1H. The minimum absolute atomic E-state index is 0. The van der Waals surface area contributed by atoms with Crippen LogP contribution in [0.4, 0.5) is 0 Å². The fourth-order valence-electron chi connectivity index (χ4n) is 2.60. The third kappa shape index (κ3) is 6.52. The summed E-state index contributed by atoms with van der Waals surface area (Å²) in [6.07, 6.45) is 2.27. The van der Waals surface area contributed by atoms with E-state index in [4.69, 9.17) is 5.73 Å². The van der Waals surface area contributed by atoms with E-state index in [1.165, 1.54) is 17.5 Å². The van der Waals surface area contributed by atoms with E-state index in [0.717, 1.165) is 39.1 Å². The molecule has 0 radical (unpaired) electrons. The Labute approximate surface area is 151 Å². The molecular formula is C17H29IN4. The summed E-state index contributed by atoms with van der Waals surface area (Å²) >= 11 is 0. The van der Waals surface area contributed by atoms with Crippen LogP contribution in [-0.2, 0) is 13.0 Å². The first-order chi connectivity index (χ1) is 10.1. The third-order valence-corrected chi connectivity index (χ3v) is 3.79. The van der Waals surface area contributed by atoms with Crippen molar-refractivity contribution in [3.8, 4) is 0 Å². The molecule has 0 aliphatic carbocycles. The molecule has 0 atom stereocenters.